The van der Waals surface area contributed by atoms with Gasteiger partial charge in [0.05, 0.1) is 0 Å². The summed E-state index contributed by atoms with van der Waals surface area (Å²) in [6.45, 7) is 33.7. The summed E-state index contributed by atoms with van der Waals surface area (Å²) in [5, 5.41) is 18.1. The quantitative estimate of drug-likeness (QED) is 0.216. The van der Waals surface area contributed by atoms with Gasteiger partial charge in [-0.05, 0) is 0 Å². The van der Waals surface area contributed by atoms with E-state index in [-0.39, 0.29) is 42.9 Å². The molecular weight excluding hydrogens is 453 g/mol. The van der Waals surface area contributed by atoms with Crippen molar-refractivity contribution >= 4 is 13.6 Å². The van der Waals surface area contributed by atoms with Crippen molar-refractivity contribution in [1.82, 2.24) is 0 Å². The van der Waals surface area contributed by atoms with E-state index in [1.54, 1.807) is 0 Å². The first-order chi connectivity index (χ1) is 12.7. The smallest absolute Gasteiger partial charge is 0.678 e. The van der Waals surface area contributed by atoms with E-state index < -0.39 is 0 Å². The van der Waals surface area contributed by atoms with Gasteiger partial charge in [-0.1, -0.05) is 94.9 Å². The minimum Gasteiger partial charge on any atom is -0.678 e. The van der Waals surface area contributed by atoms with Crippen molar-refractivity contribution < 1.29 is 29.1 Å². The second-order valence-electron chi connectivity index (χ2n) is 8.91. The number of hydrogen-bond donors (Lipinski definition) is 0. The molecule has 0 aliphatic rings. The van der Waals surface area contributed by atoms with Crippen LogP contribution in [0.15, 0.2) is 0 Å². The zero-order chi connectivity index (χ0) is 23.6. The predicted molar refractivity (Wildman–Crippen MR) is 125 cm³/mol. The summed E-state index contributed by atoms with van der Waals surface area (Å²) < 4.78 is 0. The van der Waals surface area contributed by atoms with Crippen LogP contribution in [0.4, 0.5) is 0 Å². The van der Waals surface area contributed by atoms with Crippen LogP contribution in [0.2, 0.25) is 0 Å². The maximum absolute atomic E-state index is 7.75. The Balaban J connectivity index is -0.000000109. The van der Waals surface area contributed by atoms with Gasteiger partial charge < -0.3 is 30.9 Å². The summed E-state index contributed by atoms with van der Waals surface area (Å²) in [5.74, 6) is 1.04. The molecule has 0 N–H and O–H groups in total. The molecule has 0 aromatic rings. The van der Waals surface area contributed by atoms with Crippen molar-refractivity contribution in [2.45, 2.75) is 106 Å². The molecule has 0 fully saturated rings. The molecule has 6 nitrogen and oxygen atoms in total. The van der Waals surface area contributed by atoms with Crippen molar-refractivity contribution in [3.05, 3.63) is 21.3 Å². The average Bonchev–Trinajstić information content (AvgIpc) is 2.56. The average molecular weight is 500 g/mol. The molecule has 7 heteroatoms. The number of hydrogen-bond acceptors (Lipinski definition) is 2. The van der Waals surface area contributed by atoms with E-state index in [2.05, 4.69) is 118 Å². The molecule has 2 unspecified atom stereocenters. The molecule has 0 spiro atoms. The zero-order valence-electron chi connectivity index (χ0n) is 20.8. The first-order valence-corrected chi connectivity index (χ1v) is 9.97. The van der Waals surface area contributed by atoms with E-state index in [0.717, 1.165) is 13.1 Å². The normalized spacial score (nSPS) is 12.9. The van der Waals surface area contributed by atoms with Gasteiger partial charge in [0, 0.05) is 0 Å². The van der Waals surface area contributed by atoms with E-state index in [1.807, 2.05) is 0 Å². The van der Waals surface area contributed by atoms with Gasteiger partial charge in [0.25, 0.3) is 0 Å². The minimum atomic E-state index is 0. The van der Waals surface area contributed by atoms with Crippen LogP contribution in [-0.4, -0.2) is 50.1 Å². The van der Waals surface area contributed by atoms with E-state index in [0.29, 0.717) is 11.8 Å². The van der Waals surface area contributed by atoms with Crippen molar-refractivity contribution in [2.75, 3.05) is 13.1 Å². The summed E-state index contributed by atoms with van der Waals surface area (Å²) in [6.07, 6.45) is 0.352. The zero-order valence-corrected chi connectivity index (χ0v) is 22.6. The van der Waals surface area contributed by atoms with Crippen LogP contribution in [0.25, 0.3) is 21.3 Å². The van der Waals surface area contributed by atoms with Crippen molar-refractivity contribution in [1.29, 1.82) is 0 Å². The molecule has 2 atom stereocenters. The molecule has 0 rings (SSSR count). The van der Waals surface area contributed by atoms with E-state index in [1.165, 1.54) is 0 Å². The molecule has 0 saturated carbocycles. The largest absolute Gasteiger partial charge is 6.00 e. The Morgan fingerprint density at radius 3 is 0.931 bits per heavy atom. The van der Waals surface area contributed by atoms with Crippen LogP contribution in [0.1, 0.15) is 83.1 Å². The SMILES string of the molecule is CC[N-]C([N-]C(C)(C)C)C(C)C.CC[N-]C([N-]C(C)(C)C)C(C)C.[CH-]=O.[CH-]=O.[Ru+6]. The van der Waals surface area contributed by atoms with E-state index in [9.17, 15) is 0 Å². The fourth-order valence-electron chi connectivity index (χ4n) is 1.97. The van der Waals surface area contributed by atoms with Crippen molar-refractivity contribution in [2.24, 2.45) is 11.8 Å². The van der Waals surface area contributed by atoms with Crippen molar-refractivity contribution in [3.8, 4) is 0 Å². The molecule has 0 radical (unpaired) electrons. The van der Waals surface area contributed by atoms with E-state index >= 15 is 0 Å². The van der Waals surface area contributed by atoms with Crippen LogP contribution in [0, 0.1) is 11.8 Å². The molecule has 0 amide bonds. The molecule has 174 valence electrons. The topological polar surface area (TPSA) is 90.5 Å². The van der Waals surface area contributed by atoms with Gasteiger partial charge in [0.15, 0.2) is 0 Å². The van der Waals surface area contributed by atoms with Crippen LogP contribution >= 0.6 is 0 Å². The van der Waals surface area contributed by atoms with Gasteiger partial charge >= 0.3 is 19.5 Å². The standard InChI is InChI=1S/2C10H22N2.2CHO.Ru/c2*1-7-11-9(8(2)3)12-10(4,5)6;2*1-2;/h2*8-9H,7H2,1-6H3;2*1H;/q2*-2;2*-1;+6. The first kappa shape index (κ1) is 39.3. The number of rotatable bonds is 8. The van der Waals surface area contributed by atoms with Gasteiger partial charge in [-0.15, -0.1) is 11.1 Å². The Hall–Kier alpha value is -0.197. The minimum absolute atomic E-state index is 0. The molecular formula is C22H46N4O2Ru. The molecule has 0 aliphatic carbocycles. The van der Waals surface area contributed by atoms with Crippen LogP contribution in [-0.2, 0) is 29.1 Å². The maximum atomic E-state index is 7.75. The Bertz CT molecular complexity index is 298. The summed E-state index contributed by atoms with van der Waals surface area (Å²) >= 11 is 0. The monoisotopic (exact) mass is 500 g/mol. The molecule has 0 aromatic heterocycles. The van der Waals surface area contributed by atoms with Gasteiger partial charge in [0.1, 0.15) is 0 Å². The fourth-order valence-corrected chi connectivity index (χ4v) is 1.97. The summed E-state index contributed by atoms with van der Waals surface area (Å²) in [4.78, 5) is 15.5. The molecule has 0 aliphatic heterocycles. The Labute approximate surface area is 195 Å². The second kappa shape index (κ2) is 22.5. The Morgan fingerprint density at radius 2 is 0.828 bits per heavy atom. The van der Waals surface area contributed by atoms with Gasteiger partial charge in [0.2, 0.25) is 0 Å². The fraction of sp³-hybridized carbons (Fsp3) is 0.909. The summed E-state index contributed by atoms with van der Waals surface area (Å²) in [7, 11) is 0. The summed E-state index contributed by atoms with van der Waals surface area (Å²) in [5.41, 5.74) is 0.0706. The third-order valence-electron chi connectivity index (χ3n) is 2.97. The Morgan fingerprint density at radius 1 is 0.621 bits per heavy atom. The molecule has 0 heterocycles. The van der Waals surface area contributed by atoms with Gasteiger partial charge in [-0.2, -0.15) is 13.1 Å². The van der Waals surface area contributed by atoms with Crippen LogP contribution in [0.5, 0.6) is 0 Å². The van der Waals surface area contributed by atoms with Crippen LogP contribution < -0.4 is 0 Å². The summed E-state index contributed by atoms with van der Waals surface area (Å²) in [6, 6.07) is 0. The molecule has 0 aromatic carbocycles. The molecule has 0 bridgehead atoms. The van der Waals surface area contributed by atoms with Gasteiger partial charge in [-0.3, -0.25) is 13.6 Å². The predicted octanol–water partition coefficient (Wildman–Crippen LogP) is 6.52. The Kier molecular flexibility index (Phi) is 30.5. The van der Waals surface area contributed by atoms with Crippen LogP contribution in [0.3, 0.4) is 0 Å². The molecule has 29 heavy (non-hydrogen) atoms. The first-order valence-electron chi connectivity index (χ1n) is 9.97. The molecule has 0 saturated heterocycles. The van der Waals surface area contributed by atoms with E-state index in [4.69, 9.17) is 9.59 Å². The maximum Gasteiger partial charge on any atom is 6.00 e. The third kappa shape index (κ3) is 32.7. The number of carbonyl (C=O) groups excluding carboxylic acids is 2. The third-order valence-corrected chi connectivity index (χ3v) is 2.97. The van der Waals surface area contributed by atoms with Crippen molar-refractivity contribution in [3.63, 3.8) is 0 Å². The van der Waals surface area contributed by atoms with Gasteiger partial charge in [-0.25, -0.2) is 12.3 Å². The number of nitrogens with zero attached hydrogens (tertiary/aromatic N) is 4. The second-order valence-corrected chi connectivity index (χ2v) is 8.91.